The molecule has 0 spiro atoms. The minimum Gasteiger partial charge on any atom is -0.382 e. The Balaban J connectivity index is 1.57. The summed E-state index contributed by atoms with van der Waals surface area (Å²) in [4.78, 5) is 0. The van der Waals surface area contributed by atoms with Crippen molar-refractivity contribution in [2.24, 2.45) is 11.8 Å². The van der Waals surface area contributed by atoms with Crippen molar-refractivity contribution in [3.05, 3.63) is 29.6 Å². The minimum absolute atomic E-state index is 0.741. The van der Waals surface area contributed by atoms with Crippen LogP contribution in [0.3, 0.4) is 0 Å². The lowest BCUT2D eigenvalue weighted by Crippen LogP contribution is -2.25. The molecular formula is C15H17NS. The number of benzene rings is 1. The molecule has 2 aliphatic rings. The maximum Gasteiger partial charge on any atom is 0.0349 e. The lowest BCUT2D eigenvalue weighted by atomic mass is 9.95. The van der Waals surface area contributed by atoms with Crippen molar-refractivity contribution < 1.29 is 0 Å². The fourth-order valence-corrected chi connectivity index (χ4v) is 4.13. The Labute approximate surface area is 106 Å². The van der Waals surface area contributed by atoms with Gasteiger partial charge >= 0.3 is 0 Å². The first-order valence-electron chi connectivity index (χ1n) is 6.64. The first-order valence-corrected chi connectivity index (χ1v) is 7.52. The molecule has 2 saturated carbocycles. The topological polar surface area (TPSA) is 12.0 Å². The molecular weight excluding hydrogens is 226 g/mol. The maximum absolute atomic E-state index is 3.76. The van der Waals surface area contributed by atoms with Crippen LogP contribution in [-0.2, 0) is 0 Å². The van der Waals surface area contributed by atoms with E-state index in [9.17, 15) is 0 Å². The molecule has 0 radical (unpaired) electrons. The molecule has 1 N–H and O–H groups in total. The number of fused-ring (bicyclic) bond motifs is 2. The monoisotopic (exact) mass is 243 g/mol. The average molecular weight is 243 g/mol. The first-order chi connectivity index (χ1) is 8.40. The van der Waals surface area contributed by atoms with Crippen LogP contribution in [0.2, 0.25) is 0 Å². The van der Waals surface area contributed by atoms with E-state index in [2.05, 4.69) is 35.0 Å². The quantitative estimate of drug-likeness (QED) is 0.818. The molecule has 1 nitrogen and oxygen atoms in total. The summed E-state index contributed by atoms with van der Waals surface area (Å²) in [6, 6.07) is 9.74. The van der Waals surface area contributed by atoms with Gasteiger partial charge in [-0.05, 0) is 59.7 Å². The van der Waals surface area contributed by atoms with E-state index in [1.165, 1.54) is 41.5 Å². The van der Waals surface area contributed by atoms with Crippen molar-refractivity contribution in [1.82, 2.24) is 0 Å². The number of nitrogens with one attached hydrogen (secondary N) is 1. The van der Waals surface area contributed by atoms with E-state index < -0.39 is 0 Å². The van der Waals surface area contributed by atoms with Crippen molar-refractivity contribution in [2.75, 3.05) is 5.32 Å². The van der Waals surface area contributed by atoms with Crippen LogP contribution in [0.5, 0.6) is 0 Å². The molecule has 2 aliphatic carbocycles. The third kappa shape index (κ3) is 1.75. The summed E-state index contributed by atoms with van der Waals surface area (Å²) in [5, 5.41) is 7.31. The number of hydrogen-bond donors (Lipinski definition) is 1. The van der Waals surface area contributed by atoms with Gasteiger partial charge in [-0.1, -0.05) is 12.8 Å². The van der Waals surface area contributed by atoms with E-state index in [-0.39, 0.29) is 0 Å². The van der Waals surface area contributed by atoms with Crippen LogP contribution in [0.25, 0.3) is 10.1 Å². The lowest BCUT2D eigenvalue weighted by Gasteiger charge is -2.23. The third-order valence-electron chi connectivity index (χ3n) is 4.39. The van der Waals surface area contributed by atoms with Gasteiger partial charge in [0.1, 0.15) is 0 Å². The fraction of sp³-hybridized carbons (Fsp3) is 0.467. The Kier molecular flexibility index (Phi) is 2.19. The molecule has 2 fully saturated rings. The molecule has 1 heterocycles. The molecule has 0 amide bonds. The summed E-state index contributed by atoms with van der Waals surface area (Å²) in [6.45, 7) is 0. The third-order valence-corrected chi connectivity index (χ3v) is 5.29. The van der Waals surface area contributed by atoms with Crippen LogP contribution in [0.4, 0.5) is 5.69 Å². The highest BCUT2D eigenvalue weighted by atomic mass is 32.1. The highest BCUT2D eigenvalue weighted by Crippen LogP contribution is 2.50. The normalized spacial score (nSPS) is 31.2. The van der Waals surface area contributed by atoms with E-state index in [1.807, 2.05) is 11.3 Å². The molecule has 0 bridgehead atoms. The summed E-state index contributed by atoms with van der Waals surface area (Å²) in [5.74, 6) is 2.02. The predicted octanol–water partition coefficient (Wildman–Crippen LogP) is 4.50. The van der Waals surface area contributed by atoms with Gasteiger partial charge in [0.2, 0.25) is 0 Å². The maximum atomic E-state index is 3.76. The number of thiophene rings is 1. The molecule has 2 aromatic rings. The van der Waals surface area contributed by atoms with Gasteiger partial charge < -0.3 is 5.32 Å². The zero-order chi connectivity index (χ0) is 11.2. The van der Waals surface area contributed by atoms with Crippen LogP contribution >= 0.6 is 11.3 Å². The van der Waals surface area contributed by atoms with Gasteiger partial charge in [-0.2, -0.15) is 0 Å². The van der Waals surface area contributed by atoms with Crippen molar-refractivity contribution in [1.29, 1.82) is 0 Å². The molecule has 1 aromatic heterocycles. The van der Waals surface area contributed by atoms with Gasteiger partial charge in [0, 0.05) is 16.4 Å². The van der Waals surface area contributed by atoms with Crippen molar-refractivity contribution in [3.63, 3.8) is 0 Å². The predicted molar refractivity (Wildman–Crippen MR) is 74.7 cm³/mol. The summed E-state index contributed by atoms with van der Waals surface area (Å²) in [5.41, 5.74) is 1.31. The average Bonchev–Trinajstić information content (AvgIpc) is 3.00. The first kappa shape index (κ1) is 9.95. The molecule has 0 aliphatic heterocycles. The highest BCUT2D eigenvalue weighted by Gasteiger charge is 2.44. The van der Waals surface area contributed by atoms with Crippen molar-refractivity contribution in [3.8, 4) is 0 Å². The largest absolute Gasteiger partial charge is 0.382 e. The van der Waals surface area contributed by atoms with E-state index in [1.54, 1.807) is 0 Å². The van der Waals surface area contributed by atoms with Crippen molar-refractivity contribution in [2.45, 2.75) is 31.7 Å². The molecule has 3 atom stereocenters. The summed E-state index contributed by atoms with van der Waals surface area (Å²) in [6.07, 6.45) is 5.73. The van der Waals surface area contributed by atoms with Gasteiger partial charge in [0.25, 0.3) is 0 Å². The number of hydrogen-bond acceptors (Lipinski definition) is 2. The Morgan fingerprint density at radius 3 is 3.18 bits per heavy atom. The summed E-state index contributed by atoms with van der Waals surface area (Å²) < 4.78 is 1.39. The molecule has 17 heavy (non-hydrogen) atoms. The standard InChI is InChI=1S/C15H17NS/c1-2-10-9-13(10)14(3-1)16-12-4-5-15-11(8-12)6-7-17-15/h4-8,10,13-14,16H,1-3,9H2. The van der Waals surface area contributed by atoms with Crippen LogP contribution in [0, 0.1) is 11.8 Å². The molecule has 0 saturated heterocycles. The van der Waals surface area contributed by atoms with E-state index >= 15 is 0 Å². The molecule has 3 unspecified atom stereocenters. The Hall–Kier alpha value is -1.02. The second kappa shape index (κ2) is 3.74. The molecule has 2 heteroatoms. The Bertz CT molecular complexity index is 545. The van der Waals surface area contributed by atoms with Crippen LogP contribution in [-0.4, -0.2) is 6.04 Å². The lowest BCUT2D eigenvalue weighted by molar-refractivity contribution is 0.440. The minimum atomic E-state index is 0.741. The van der Waals surface area contributed by atoms with Crippen molar-refractivity contribution >= 4 is 27.1 Å². The SMILES string of the molecule is c1cc2cc(NC3CCCC4CC43)ccc2s1. The molecule has 88 valence electrons. The van der Waals surface area contributed by atoms with Gasteiger partial charge in [-0.15, -0.1) is 11.3 Å². The van der Waals surface area contributed by atoms with Gasteiger partial charge in [0.15, 0.2) is 0 Å². The zero-order valence-electron chi connectivity index (χ0n) is 9.86. The van der Waals surface area contributed by atoms with Crippen LogP contribution < -0.4 is 5.32 Å². The second-order valence-electron chi connectivity index (χ2n) is 5.51. The molecule has 1 aromatic carbocycles. The van der Waals surface area contributed by atoms with Gasteiger partial charge in [0.05, 0.1) is 0 Å². The van der Waals surface area contributed by atoms with E-state index in [0.717, 1.165) is 17.9 Å². The Morgan fingerprint density at radius 2 is 2.18 bits per heavy atom. The Morgan fingerprint density at radius 1 is 1.18 bits per heavy atom. The number of rotatable bonds is 2. The van der Waals surface area contributed by atoms with Gasteiger partial charge in [-0.25, -0.2) is 0 Å². The zero-order valence-corrected chi connectivity index (χ0v) is 10.7. The van der Waals surface area contributed by atoms with E-state index in [0.29, 0.717) is 0 Å². The summed E-state index contributed by atoms with van der Waals surface area (Å²) in [7, 11) is 0. The fourth-order valence-electron chi connectivity index (χ4n) is 3.36. The second-order valence-corrected chi connectivity index (χ2v) is 6.46. The smallest absolute Gasteiger partial charge is 0.0349 e. The molecule has 4 rings (SSSR count). The van der Waals surface area contributed by atoms with E-state index in [4.69, 9.17) is 0 Å². The van der Waals surface area contributed by atoms with Crippen LogP contribution in [0.15, 0.2) is 29.6 Å². The van der Waals surface area contributed by atoms with Crippen LogP contribution in [0.1, 0.15) is 25.7 Å². The number of anilines is 1. The summed E-state index contributed by atoms with van der Waals surface area (Å²) >= 11 is 1.82. The van der Waals surface area contributed by atoms with Gasteiger partial charge in [-0.3, -0.25) is 0 Å². The highest BCUT2D eigenvalue weighted by molar-refractivity contribution is 7.17.